The number of esters is 1. The Balaban J connectivity index is 1.52. The van der Waals surface area contributed by atoms with Crippen LogP contribution < -0.4 is 5.32 Å². The van der Waals surface area contributed by atoms with Gasteiger partial charge in [-0.25, -0.2) is 4.79 Å². The summed E-state index contributed by atoms with van der Waals surface area (Å²) >= 11 is 1.51. The van der Waals surface area contributed by atoms with Crippen LogP contribution >= 0.6 is 11.8 Å². The Kier molecular flexibility index (Phi) is 7.56. The summed E-state index contributed by atoms with van der Waals surface area (Å²) in [4.78, 5) is 36.1. The number of ether oxygens (including phenoxy) is 1. The van der Waals surface area contributed by atoms with E-state index in [-0.39, 0.29) is 5.69 Å². The molecule has 3 aromatic rings. The van der Waals surface area contributed by atoms with Crippen LogP contribution in [0.25, 0.3) is 6.08 Å². The van der Waals surface area contributed by atoms with Crippen LogP contribution in [0.5, 0.6) is 0 Å². The fourth-order valence-corrected chi connectivity index (χ4v) is 3.44. The van der Waals surface area contributed by atoms with Gasteiger partial charge in [-0.15, -0.1) is 0 Å². The zero-order valence-electron chi connectivity index (χ0n) is 16.3. The zero-order chi connectivity index (χ0) is 22.1. The summed E-state index contributed by atoms with van der Waals surface area (Å²) < 4.78 is 4.97. The Morgan fingerprint density at radius 1 is 0.968 bits per heavy atom. The predicted molar refractivity (Wildman–Crippen MR) is 119 cm³/mol. The second-order valence-electron chi connectivity index (χ2n) is 6.25. The molecule has 0 radical (unpaired) electrons. The molecule has 0 spiro atoms. The van der Waals surface area contributed by atoms with Crippen molar-refractivity contribution >= 4 is 41.1 Å². The van der Waals surface area contributed by atoms with Gasteiger partial charge in [0.15, 0.2) is 6.61 Å². The molecule has 0 heterocycles. The average molecular weight is 434 g/mol. The van der Waals surface area contributed by atoms with Crippen molar-refractivity contribution in [2.75, 3.05) is 11.9 Å². The summed E-state index contributed by atoms with van der Waals surface area (Å²) in [6, 6.07) is 22.8. The first kappa shape index (κ1) is 21.8. The quantitative estimate of drug-likeness (QED) is 0.233. The van der Waals surface area contributed by atoms with E-state index < -0.39 is 23.4 Å². The van der Waals surface area contributed by atoms with Gasteiger partial charge in [-0.3, -0.25) is 14.9 Å². The van der Waals surface area contributed by atoms with Crippen molar-refractivity contribution in [3.05, 3.63) is 101 Å². The summed E-state index contributed by atoms with van der Waals surface area (Å²) in [6.45, 7) is -0.437. The van der Waals surface area contributed by atoms with E-state index in [1.54, 1.807) is 6.07 Å². The number of para-hydroxylation sites is 1. The van der Waals surface area contributed by atoms with Gasteiger partial charge < -0.3 is 10.1 Å². The first-order valence-corrected chi connectivity index (χ1v) is 10.0. The molecule has 7 nitrogen and oxygen atoms in total. The molecule has 8 heteroatoms. The zero-order valence-corrected chi connectivity index (χ0v) is 17.1. The minimum atomic E-state index is -0.694. The maximum atomic E-state index is 12.2. The molecule has 1 amide bonds. The van der Waals surface area contributed by atoms with Gasteiger partial charge in [0.1, 0.15) is 0 Å². The number of benzene rings is 3. The maximum absolute atomic E-state index is 12.2. The Labute approximate surface area is 182 Å². The van der Waals surface area contributed by atoms with Crippen LogP contribution in [-0.2, 0) is 14.3 Å². The monoisotopic (exact) mass is 434 g/mol. The second kappa shape index (κ2) is 10.7. The lowest BCUT2D eigenvalue weighted by atomic mass is 10.2. The lowest BCUT2D eigenvalue weighted by Gasteiger charge is -2.10. The van der Waals surface area contributed by atoms with Gasteiger partial charge in [0.25, 0.3) is 11.6 Å². The fourth-order valence-electron chi connectivity index (χ4n) is 2.52. The molecular weight excluding hydrogens is 416 g/mol. The van der Waals surface area contributed by atoms with E-state index in [4.69, 9.17) is 4.74 Å². The molecule has 1 N–H and O–H groups in total. The van der Waals surface area contributed by atoms with E-state index in [9.17, 15) is 19.7 Å². The Hall–Kier alpha value is -3.91. The summed E-state index contributed by atoms with van der Waals surface area (Å²) in [6.07, 6.45) is 2.61. The number of carbonyl (C=O) groups excluding carboxylic acids is 2. The van der Waals surface area contributed by atoms with E-state index in [0.717, 1.165) is 15.9 Å². The summed E-state index contributed by atoms with van der Waals surface area (Å²) in [5.41, 5.74) is 1.18. The van der Waals surface area contributed by atoms with Crippen LogP contribution in [-0.4, -0.2) is 23.4 Å². The largest absolute Gasteiger partial charge is 0.452 e. The highest BCUT2D eigenvalue weighted by molar-refractivity contribution is 7.99. The van der Waals surface area contributed by atoms with Crippen molar-refractivity contribution in [1.29, 1.82) is 0 Å². The van der Waals surface area contributed by atoms with E-state index in [0.29, 0.717) is 11.3 Å². The van der Waals surface area contributed by atoms with Gasteiger partial charge in [-0.2, -0.15) is 0 Å². The molecule has 0 saturated heterocycles. The van der Waals surface area contributed by atoms with Crippen molar-refractivity contribution < 1.29 is 19.2 Å². The minimum absolute atomic E-state index is 0.0397. The summed E-state index contributed by atoms with van der Waals surface area (Å²) in [5.74, 6) is -1.15. The Morgan fingerprint density at radius 2 is 1.65 bits per heavy atom. The molecule has 0 aliphatic rings. The van der Waals surface area contributed by atoms with E-state index in [1.165, 1.54) is 42.1 Å². The first-order valence-electron chi connectivity index (χ1n) is 9.22. The maximum Gasteiger partial charge on any atom is 0.331 e. The van der Waals surface area contributed by atoms with Gasteiger partial charge in [0.05, 0.1) is 10.6 Å². The number of non-ortho nitro benzene ring substituents is 1. The lowest BCUT2D eigenvalue weighted by molar-refractivity contribution is -0.384. The number of nitro benzene ring substituents is 1. The van der Waals surface area contributed by atoms with Crippen molar-refractivity contribution in [2.24, 2.45) is 0 Å². The Bertz CT molecular complexity index is 1100. The number of nitro groups is 1. The van der Waals surface area contributed by atoms with Crippen molar-refractivity contribution in [2.45, 2.75) is 9.79 Å². The molecule has 0 fully saturated rings. The number of hydrogen-bond acceptors (Lipinski definition) is 6. The van der Waals surface area contributed by atoms with Gasteiger partial charge in [-0.05, 0) is 48.0 Å². The fraction of sp³-hybridized carbons (Fsp3) is 0.0435. The van der Waals surface area contributed by atoms with Gasteiger partial charge in [0.2, 0.25) is 0 Å². The normalized spacial score (nSPS) is 10.6. The molecule has 0 bridgehead atoms. The van der Waals surface area contributed by atoms with E-state index in [2.05, 4.69) is 5.32 Å². The smallest absolute Gasteiger partial charge is 0.331 e. The third-order valence-corrected chi connectivity index (χ3v) is 5.08. The molecule has 3 rings (SSSR count). The van der Waals surface area contributed by atoms with Crippen LogP contribution in [0.1, 0.15) is 5.56 Å². The number of carbonyl (C=O) groups is 2. The standard InChI is InChI=1S/C23H18N2O5S/c26-22(16-30-23(27)15-12-17-10-13-18(14-11-17)25(28)29)24-20-8-4-5-9-21(20)31-19-6-2-1-3-7-19/h1-15H,16H2,(H,24,26). The highest BCUT2D eigenvalue weighted by Crippen LogP contribution is 2.33. The highest BCUT2D eigenvalue weighted by Gasteiger charge is 2.10. The number of nitrogens with one attached hydrogen (secondary N) is 1. The second-order valence-corrected chi connectivity index (χ2v) is 7.36. The molecule has 0 aliphatic carbocycles. The number of anilines is 1. The van der Waals surface area contributed by atoms with E-state index in [1.807, 2.05) is 48.5 Å². The summed E-state index contributed by atoms with van der Waals surface area (Å²) in [7, 11) is 0. The Morgan fingerprint density at radius 3 is 2.35 bits per heavy atom. The average Bonchev–Trinajstić information content (AvgIpc) is 2.78. The molecule has 0 atom stereocenters. The molecule has 0 unspecified atom stereocenters. The van der Waals surface area contributed by atoms with Gasteiger partial charge in [-0.1, -0.05) is 42.1 Å². The van der Waals surface area contributed by atoms with Crippen molar-refractivity contribution in [1.82, 2.24) is 0 Å². The third kappa shape index (κ3) is 6.83. The molecule has 0 aromatic heterocycles. The van der Waals surface area contributed by atoms with Crippen molar-refractivity contribution in [3.63, 3.8) is 0 Å². The molecule has 31 heavy (non-hydrogen) atoms. The van der Waals surface area contributed by atoms with Crippen LogP contribution in [0.4, 0.5) is 11.4 Å². The van der Waals surface area contributed by atoms with Crippen LogP contribution in [0.2, 0.25) is 0 Å². The molecule has 156 valence electrons. The van der Waals surface area contributed by atoms with Crippen LogP contribution in [0, 0.1) is 10.1 Å². The highest BCUT2D eigenvalue weighted by atomic mass is 32.2. The predicted octanol–water partition coefficient (Wildman–Crippen LogP) is 4.94. The molecule has 0 aliphatic heterocycles. The topological polar surface area (TPSA) is 98.5 Å². The van der Waals surface area contributed by atoms with Crippen molar-refractivity contribution in [3.8, 4) is 0 Å². The van der Waals surface area contributed by atoms with E-state index >= 15 is 0 Å². The number of rotatable bonds is 8. The number of amides is 1. The van der Waals surface area contributed by atoms with Crippen LogP contribution in [0.3, 0.4) is 0 Å². The number of nitrogens with zero attached hydrogens (tertiary/aromatic N) is 1. The third-order valence-electron chi connectivity index (χ3n) is 3.99. The molecular formula is C23H18N2O5S. The minimum Gasteiger partial charge on any atom is -0.452 e. The lowest BCUT2D eigenvalue weighted by Crippen LogP contribution is -2.20. The number of hydrogen-bond donors (Lipinski definition) is 1. The molecule has 3 aromatic carbocycles. The first-order chi connectivity index (χ1) is 15.0. The van der Waals surface area contributed by atoms with Gasteiger partial charge >= 0.3 is 5.97 Å². The molecule has 0 saturated carbocycles. The van der Waals surface area contributed by atoms with Gasteiger partial charge in [0, 0.05) is 28.0 Å². The van der Waals surface area contributed by atoms with Crippen LogP contribution in [0.15, 0.2) is 94.7 Å². The summed E-state index contributed by atoms with van der Waals surface area (Å²) in [5, 5.41) is 13.4. The SMILES string of the molecule is O=C(COC(=O)C=Cc1ccc([N+](=O)[O-])cc1)Nc1ccccc1Sc1ccccc1.